The Morgan fingerprint density at radius 1 is 0.965 bits per heavy atom. The molecule has 0 bridgehead atoms. The minimum atomic E-state index is -1.19. The van der Waals surface area contributed by atoms with Crippen LogP contribution in [0.1, 0.15) is 119 Å². The Balaban J connectivity index is 0.803. The lowest BCUT2D eigenvalue weighted by molar-refractivity contribution is -0.136. The molecule has 14 nitrogen and oxygen atoms in total. The molecule has 5 amide bonds. The zero-order chi connectivity index (χ0) is 39.8. The Morgan fingerprint density at radius 2 is 1.75 bits per heavy atom. The zero-order valence-electron chi connectivity index (χ0n) is 32.3. The summed E-state index contributed by atoms with van der Waals surface area (Å²) in [5.41, 5.74) is 2.17. The first-order valence-electron chi connectivity index (χ1n) is 20.0. The molecule has 2 aromatic heterocycles. The third kappa shape index (κ3) is 8.18. The van der Waals surface area contributed by atoms with Gasteiger partial charge in [-0.3, -0.25) is 39.2 Å². The van der Waals surface area contributed by atoms with Crippen molar-refractivity contribution in [3.63, 3.8) is 0 Å². The van der Waals surface area contributed by atoms with Gasteiger partial charge in [-0.1, -0.05) is 6.07 Å². The summed E-state index contributed by atoms with van der Waals surface area (Å²) in [5, 5.41) is 20.7. The molecule has 4 aliphatic rings. The maximum atomic E-state index is 13.4. The smallest absolute Gasteiger partial charge is 0.275 e. The fourth-order valence-corrected chi connectivity index (χ4v) is 10.0. The molecule has 298 valence electrons. The summed E-state index contributed by atoms with van der Waals surface area (Å²) in [4.78, 5) is 80.4. The second kappa shape index (κ2) is 16.0. The molecule has 3 fully saturated rings. The number of nitrogens with zero attached hydrogens (tertiary/aromatic N) is 5. The van der Waals surface area contributed by atoms with E-state index >= 15 is 0 Å². The third-order valence-corrected chi connectivity index (χ3v) is 13.2. The fraction of sp³-hybridized carbons (Fsp3) is 0.476. The van der Waals surface area contributed by atoms with Crippen molar-refractivity contribution < 1.29 is 29.1 Å². The van der Waals surface area contributed by atoms with Crippen LogP contribution >= 0.6 is 11.3 Å². The lowest BCUT2D eigenvalue weighted by atomic mass is 9.81. The van der Waals surface area contributed by atoms with Crippen molar-refractivity contribution >= 4 is 62.5 Å². The van der Waals surface area contributed by atoms with Gasteiger partial charge in [-0.05, 0) is 114 Å². The number of amides is 5. The predicted molar refractivity (Wildman–Crippen MR) is 215 cm³/mol. The molecular weight excluding hydrogens is 745 g/mol. The number of thiazole rings is 1. The molecule has 5 heterocycles. The molecule has 15 heteroatoms. The topological polar surface area (TPSA) is 187 Å². The van der Waals surface area contributed by atoms with Gasteiger partial charge in [0.2, 0.25) is 11.8 Å². The number of hydrogen-bond donors (Lipinski definition) is 4. The summed E-state index contributed by atoms with van der Waals surface area (Å²) in [6.45, 7) is 7.32. The Kier molecular flexibility index (Phi) is 10.9. The van der Waals surface area contributed by atoms with E-state index in [2.05, 4.69) is 30.8 Å². The molecule has 4 aromatic rings. The van der Waals surface area contributed by atoms with Crippen molar-refractivity contribution in [2.75, 3.05) is 36.8 Å². The van der Waals surface area contributed by atoms with E-state index in [1.165, 1.54) is 18.6 Å². The number of fused-ring (bicyclic) bond motifs is 2. The molecule has 4 N–H and O–H groups in total. The van der Waals surface area contributed by atoms with E-state index in [4.69, 9.17) is 4.98 Å². The van der Waals surface area contributed by atoms with Gasteiger partial charge >= 0.3 is 0 Å². The van der Waals surface area contributed by atoms with Crippen LogP contribution in [0.5, 0.6) is 0 Å². The number of likely N-dealkylation sites (tertiary alicyclic amines) is 1. The highest BCUT2D eigenvalue weighted by Gasteiger charge is 2.45. The number of anilines is 2. The molecule has 1 aliphatic carbocycles. The first-order valence-corrected chi connectivity index (χ1v) is 20.8. The van der Waals surface area contributed by atoms with Crippen LogP contribution in [-0.2, 0) is 15.2 Å². The number of rotatable bonds is 11. The van der Waals surface area contributed by atoms with Crippen LogP contribution < -0.4 is 16.0 Å². The predicted octanol–water partition coefficient (Wildman–Crippen LogP) is 5.46. The molecule has 3 aliphatic heterocycles. The van der Waals surface area contributed by atoms with E-state index in [1.807, 2.05) is 12.1 Å². The van der Waals surface area contributed by atoms with E-state index in [0.717, 1.165) is 84.7 Å². The van der Waals surface area contributed by atoms with E-state index in [-0.39, 0.29) is 30.0 Å². The molecule has 1 unspecified atom stereocenters. The number of nitrogens with one attached hydrogen (secondary N) is 3. The average molecular weight is 793 g/mol. The second-order valence-electron chi connectivity index (χ2n) is 16.4. The van der Waals surface area contributed by atoms with Crippen molar-refractivity contribution in [2.45, 2.75) is 89.2 Å². The number of aliphatic hydroxyl groups is 1. The number of imide groups is 2. The van der Waals surface area contributed by atoms with Gasteiger partial charge in [-0.2, -0.15) is 0 Å². The fourth-order valence-electron chi connectivity index (χ4n) is 8.87. The van der Waals surface area contributed by atoms with Crippen LogP contribution in [0.15, 0.2) is 48.9 Å². The molecule has 1 atom stereocenters. The molecule has 0 spiro atoms. The highest BCUT2D eigenvalue weighted by molar-refractivity contribution is 7.18. The van der Waals surface area contributed by atoms with E-state index < -0.39 is 35.3 Å². The van der Waals surface area contributed by atoms with Crippen molar-refractivity contribution in [3.05, 3.63) is 76.3 Å². The van der Waals surface area contributed by atoms with Gasteiger partial charge in [0.25, 0.3) is 17.7 Å². The molecule has 0 radical (unpaired) electrons. The summed E-state index contributed by atoms with van der Waals surface area (Å²) in [7, 11) is 0. The van der Waals surface area contributed by atoms with Gasteiger partial charge in [-0.25, -0.2) is 9.97 Å². The van der Waals surface area contributed by atoms with Crippen molar-refractivity contribution in [1.82, 2.24) is 30.1 Å². The Morgan fingerprint density at radius 3 is 2.47 bits per heavy atom. The van der Waals surface area contributed by atoms with Gasteiger partial charge < -0.3 is 20.6 Å². The van der Waals surface area contributed by atoms with Crippen molar-refractivity contribution in [1.29, 1.82) is 0 Å². The molecular formula is C42H48N8O6S. The molecule has 2 saturated heterocycles. The normalized spacial score (nSPS) is 22.2. The number of aromatic nitrogens is 3. The molecule has 8 rings (SSSR count). The monoisotopic (exact) mass is 792 g/mol. The molecule has 2 aromatic carbocycles. The van der Waals surface area contributed by atoms with E-state index in [9.17, 15) is 29.1 Å². The van der Waals surface area contributed by atoms with Crippen LogP contribution in [0.2, 0.25) is 0 Å². The van der Waals surface area contributed by atoms with E-state index in [0.29, 0.717) is 46.8 Å². The van der Waals surface area contributed by atoms with Gasteiger partial charge in [0.05, 0.1) is 38.1 Å². The van der Waals surface area contributed by atoms with Crippen LogP contribution in [0.25, 0.3) is 10.2 Å². The second-order valence-corrected chi connectivity index (χ2v) is 17.4. The largest absolute Gasteiger partial charge is 0.386 e. The third-order valence-electron chi connectivity index (χ3n) is 12.0. The standard InChI is InChI=1S/C42H48N8O6S/c1-42(2,56)28-20-31-34(21-30(28)46-37(52)32-22-43-16-17-45-32)57-39(47-31)26-8-6-25(7-9-26)23-49-18-13-24(14-19-49)12-15-44-29-5-3-4-27-36(29)41(55)50(40(27)54)33-10-11-35(51)48-38(33)53/h3-5,16-17,20-22,24-26,33,44,56H,6-15,18-19,23H2,1-2H3,(H,46,52)(H,48,51,53). The quantitative estimate of drug-likeness (QED) is 0.142. The van der Waals surface area contributed by atoms with Gasteiger partial charge in [0.15, 0.2) is 0 Å². The van der Waals surface area contributed by atoms with Crippen LogP contribution in [0.3, 0.4) is 0 Å². The summed E-state index contributed by atoms with van der Waals surface area (Å²) in [5.74, 6) is -0.770. The summed E-state index contributed by atoms with van der Waals surface area (Å²) in [6.07, 6.45) is 12.3. The SMILES string of the molecule is CC(C)(O)c1cc2nc(C3CCC(CN4CCC(CCNc5cccc6c5C(=O)N(C5CCC(=O)NC5=O)C6=O)CC4)CC3)sc2cc1NC(=O)c1cnccn1. The van der Waals surface area contributed by atoms with Crippen LogP contribution in [0.4, 0.5) is 11.4 Å². The Labute approximate surface area is 334 Å². The lowest BCUT2D eigenvalue weighted by Gasteiger charge is -2.36. The van der Waals surface area contributed by atoms with Gasteiger partial charge in [-0.15, -0.1) is 11.3 Å². The molecule has 1 saturated carbocycles. The minimum Gasteiger partial charge on any atom is -0.386 e. The number of carbonyl (C=O) groups excluding carboxylic acids is 5. The van der Waals surface area contributed by atoms with Crippen molar-refractivity contribution in [3.8, 4) is 0 Å². The van der Waals surface area contributed by atoms with Crippen LogP contribution in [0, 0.1) is 11.8 Å². The summed E-state index contributed by atoms with van der Waals surface area (Å²) < 4.78 is 0.973. The zero-order valence-corrected chi connectivity index (χ0v) is 33.1. The van der Waals surface area contributed by atoms with E-state index in [1.54, 1.807) is 43.4 Å². The number of carbonyl (C=O) groups is 5. The number of piperidine rings is 2. The van der Waals surface area contributed by atoms with Crippen molar-refractivity contribution in [2.24, 2.45) is 11.8 Å². The number of hydrogen-bond acceptors (Lipinski definition) is 12. The highest BCUT2D eigenvalue weighted by Crippen LogP contribution is 2.42. The lowest BCUT2D eigenvalue weighted by Crippen LogP contribution is -2.54. The number of benzene rings is 2. The highest BCUT2D eigenvalue weighted by atomic mass is 32.1. The first-order chi connectivity index (χ1) is 27.4. The molecule has 57 heavy (non-hydrogen) atoms. The van der Waals surface area contributed by atoms with Crippen LogP contribution in [-0.4, -0.2) is 91.6 Å². The average Bonchev–Trinajstić information content (AvgIpc) is 3.73. The maximum absolute atomic E-state index is 13.4. The minimum absolute atomic E-state index is 0.0893. The maximum Gasteiger partial charge on any atom is 0.275 e. The Bertz CT molecular complexity index is 2200. The first kappa shape index (κ1) is 38.7. The van der Waals surface area contributed by atoms with Gasteiger partial charge in [0.1, 0.15) is 11.7 Å². The summed E-state index contributed by atoms with van der Waals surface area (Å²) in [6, 6.07) is 8.00. The van der Waals surface area contributed by atoms with Gasteiger partial charge in [0, 0.05) is 54.8 Å². The summed E-state index contributed by atoms with van der Waals surface area (Å²) >= 11 is 1.67. The Hall–Kier alpha value is -5.12.